The van der Waals surface area contributed by atoms with Gasteiger partial charge in [-0.05, 0) is 37.1 Å². The number of halogens is 2. The van der Waals surface area contributed by atoms with Crippen LogP contribution in [0.4, 0.5) is 5.69 Å². The minimum atomic E-state index is 0. The van der Waals surface area contributed by atoms with Gasteiger partial charge in [-0.15, -0.1) is 24.8 Å². The number of hydrogen-bond donors (Lipinski definition) is 2. The first-order valence-corrected chi connectivity index (χ1v) is 4.85. The van der Waals surface area contributed by atoms with Gasteiger partial charge in [0.05, 0.1) is 0 Å². The van der Waals surface area contributed by atoms with E-state index in [4.69, 9.17) is 0 Å². The van der Waals surface area contributed by atoms with Crippen LogP contribution in [0.3, 0.4) is 0 Å². The molecular formula is C11H18Cl2N2. The molecule has 1 heterocycles. The Bertz CT molecular complexity index is 313. The van der Waals surface area contributed by atoms with E-state index in [1.54, 1.807) is 0 Å². The normalized spacial score (nSPS) is 12.7. The van der Waals surface area contributed by atoms with Crippen molar-refractivity contribution in [3.8, 4) is 0 Å². The zero-order chi connectivity index (χ0) is 9.26. The Balaban J connectivity index is 0.000000980. The molecule has 15 heavy (non-hydrogen) atoms. The second-order valence-corrected chi connectivity index (χ2v) is 3.89. The van der Waals surface area contributed by atoms with Crippen LogP contribution >= 0.6 is 24.8 Å². The lowest BCUT2D eigenvalue weighted by Crippen LogP contribution is -2.09. The van der Waals surface area contributed by atoms with Crippen molar-refractivity contribution in [3.05, 3.63) is 29.3 Å². The van der Waals surface area contributed by atoms with Crippen LogP contribution in [0.5, 0.6) is 0 Å². The van der Waals surface area contributed by atoms with Crippen molar-refractivity contribution in [1.82, 2.24) is 5.32 Å². The highest BCUT2D eigenvalue weighted by atomic mass is 35.5. The smallest absolute Gasteiger partial charge is 0.0345 e. The highest BCUT2D eigenvalue weighted by Gasteiger charge is 2.09. The van der Waals surface area contributed by atoms with Gasteiger partial charge in [0.2, 0.25) is 0 Å². The number of benzene rings is 1. The molecule has 4 heteroatoms. The maximum absolute atomic E-state index is 3.41. The number of fused-ring (bicyclic) bond motifs is 1. The topological polar surface area (TPSA) is 24.1 Å². The molecule has 0 amide bonds. The summed E-state index contributed by atoms with van der Waals surface area (Å²) >= 11 is 0. The minimum Gasteiger partial charge on any atom is -0.383 e. The Hall–Kier alpha value is -0.440. The second kappa shape index (κ2) is 6.21. The quantitative estimate of drug-likeness (QED) is 0.842. The number of anilines is 1. The molecule has 2 nitrogen and oxygen atoms in total. The van der Waals surface area contributed by atoms with Crippen molar-refractivity contribution >= 4 is 30.5 Å². The van der Waals surface area contributed by atoms with E-state index < -0.39 is 0 Å². The van der Waals surface area contributed by atoms with Crippen LogP contribution in [0, 0.1) is 0 Å². The van der Waals surface area contributed by atoms with Crippen molar-refractivity contribution in [3.63, 3.8) is 0 Å². The SMILES string of the molecule is CC(C)Nc1ccc2c(c1)CNC2.Cl.Cl. The molecule has 1 aliphatic rings. The summed E-state index contributed by atoms with van der Waals surface area (Å²) in [6.45, 7) is 6.36. The summed E-state index contributed by atoms with van der Waals surface area (Å²) in [6.07, 6.45) is 0. The van der Waals surface area contributed by atoms with E-state index in [1.165, 1.54) is 16.8 Å². The van der Waals surface area contributed by atoms with Gasteiger partial charge in [0.1, 0.15) is 0 Å². The largest absolute Gasteiger partial charge is 0.383 e. The van der Waals surface area contributed by atoms with Gasteiger partial charge in [0.25, 0.3) is 0 Å². The zero-order valence-corrected chi connectivity index (χ0v) is 10.7. The van der Waals surface area contributed by atoms with Crippen LogP contribution in [0.15, 0.2) is 18.2 Å². The van der Waals surface area contributed by atoms with E-state index in [-0.39, 0.29) is 24.8 Å². The molecule has 0 fully saturated rings. The summed E-state index contributed by atoms with van der Waals surface area (Å²) in [5.74, 6) is 0. The van der Waals surface area contributed by atoms with Crippen molar-refractivity contribution in [2.75, 3.05) is 5.32 Å². The molecular weight excluding hydrogens is 231 g/mol. The maximum atomic E-state index is 3.41. The molecule has 0 atom stereocenters. The Kier molecular flexibility index (Phi) is 6.03. The fourth-order valence-corrected chi connectivity index (χ4v) is 1.72. The predicted molar refractivity (Wildman–Crippen MR) is 70.2 cm³/mol. The number of rotatable bonds is 2. The minimum absolute atomic E-state index is 0. The molecule has 0 saturated carbocycles. The van der Waals surface area contributed by atoms with E-state index in [1.807, 2.05) is 0 Å². The molecule has 2 rings (SSSR count). The van der Waals surface area contributed by atoms with Crippen molar-refractivity contribution < 1.29 is 0 Å². The van der Waals surface area contributed by atoms with Crippen molar-refractivity contribution in [1.29, 1.82) is 0 Å². The molecule has 0 radical (unpaired) electrons. The summed E-state index contributed by atoms with van der Waals surface area (Å²) in [4.78, 5) is 0. The van der Waals surface area contributed by atoms with E-state index in [0.29, 0.717) is 6.04 Å². The summed E-state index contributed by atoms with van der Waals surface area (Å²) in [7, 11) is 0. The van der Waals surface area contributed by atoms with Gasteiger partial charge in [0, 0.05) is 24.8 Å². The summed E-state index contributed by atoms with van der Waals surface area (Å²) < 4.78 is 0. The molecule has 0 unspecified atom stereocenters. The van der Waals surface area contributed by atoms with Crippen LogP contribution in [0.25, 0.3) is 0 Å². The summed E-state index contributed by atoms with van der Waals surface area (Å²) in [6, 6.07) is 7.12. The molecule has 2 N–H and O–H groups in total. The van der Waals surface area contributed by atoms with Crippen LogP contribution in [0.2, 0.25) is 0 Å². The third-order valence-corrected chi connectivity index (χ3v) is 2.29. The van der Waals surface area contributed by atoms with Crippen LogP contribution in [-0.2, 0) is 13.1 Å². The third-order valence-electron chi connectivity index (χ3n) is 2.29. The van der Waals surface area contributed by atoms with Crippen molar-refractivity contribution in [2.45, 2.75) is 33.0 Å². The van der Waals surface area contributed by atoms with Gasteiger partial charge in [0.15, 0.2) is 0 Å². The summed E-state index contributed by atoms with van der Waals surface area (Å²) in [5, 5.41) is 6.75. The first-order chi connectivity index (χ1) is 6.25. The Morgan fingerprint density at radius 2 is 1.80 bits per heavy atom. The summed E-state index contributed by atoms with van der Waals surface area (Å²) in [5.41, 5.74) is 4.11. The highest BCUT2D eigenvalue weighted by Crippen LogP contribution is 2.20. The average Bonchev–Trinajstić information content (AvgIpc) is 2.49. The van der Waals surface area contributed by atoms with E-state index >= 15 is 0 Å². The van der Waals surface area contributed by atoms with Gasteiger partial charge in [-0.3, -0.25) is 0 Å². The Morgan fingerprint density at radius 1 is 1.13 bits per heavy atom. The first kappa shape index (κ1) is 14.6. The lowest BCUT2D eigenvalue weighted by atomic mass is 10.1. The molecule has 86 valence electrons. The molecule has 0 spiro atoms. The third kappa shape index (κ3) is 3.56. The molecule has 0 aromatic heterocycles. The first-order valence-electron chi connectivity index (χ1n) is 4.85. The van der Waals surface area contributed by atoms with E-state index in [0.717, 1.165) is 13.1 Å². The van der Waals surface area contributed by atoms with Gasteiger partial charge in [-0.1, -0.05) is 6.07 Å². The standard InChI is InChI=1S/C11H16N2.2ClH/c1-8(2)13-11-4-3-9-6-12-7-10(9)5-11;;/h3-5,8,12-13H,6-7H2,1-2H3;2*1H. The molecule has 0 bridgehead atoms. The van der Waals surface area contributed by atoms with Gasteiger partial charge >= 0.3 is 0 Å². The fourth-order valence-electron chi connectivity index (χ4n) is 1.72. The molecule has 1 aromatic carbocycles. The molecule has 1 aliphatic heterocycles. The lowest BCUT2D eigenvalue weighted by Gasteiger charge is -2.10. The highest BCUT2D eigenvalue weighted by molar-refractivity contribution is 5.85. The lowest BCUT2D eigenvalue weighted by molar-refractivity contribution is 0.765. The van der Waals surface area contributed by atoms with Crippen LogP contribution in [-0.4, -0.2) is 6.04 Å². The molecule has 0 aliphatic carbocycles. The Morgan fingerprint density at radius 3 is 2.47 bits per heavy atom. The van der Waals surface area contributed by atoms with Gasteiger partial charge in [-0.25, -0.2) is 0 Å². The number of hydrogen-bond acceptors (Lipinski definition) is 2. The zero-order valence-electron chi connectivity index (χ0n) is 9.04. The van der Waals surface area contributed by atoms with E-state index in [9.17, 15) is 0 Å². The maximum Gasteiger partial charge on any atom is 0.0345 e. The van der Waals surface area contributed by atoms with Gasteiger partial charge in [-0.2, -0.15) is 0 Å². The van der Waals surface area contributed by atoms with Gasteiger partial charge < -0.3 is 10.6 Å². The monoisotopic (exact) mass is 248 g/mol. The second-order valence-electron chi connectivity index (χ2n) is 3.89. The molecule has 1 aromatic rings. The Labute approximate surface area is 104 Å². The number of nitrogens with one attached hydrogen (secondary N) is 2. The fraction of sp³-hybridized carbons (Fsp3) is 0.455. The van der Waals surface area contributed by atoms with Crippen LogP contribution in [0.1, 0.15) is 25.0 Å². The average molecular weight is 249 g/mol. The van der Waals surface area contributed by atoms with Crippen molar-refractivity contribution in [2.24, 2.45) is 0 Å². The van der Waals surface area contributed by atoms with E-state index in [2.05, 4.69) is 42.7 Å². The predicted octanol–water partition coefficient (Wildman–Crippen LogP) is 2.95. The molecule has 0 saturated heterocycles. The van der Waals surface area contributed by atoms with Crippen LogP contribution < -0.4 is 10.6 Å².